The van der Waals surface area contributed by atoms with E-state index in [-0.39, 0.29) is 17.0 Å². The first-order valence-corrected chi connectivity index (χ1v) is 6.98. The Hall–Kier alpha value is -1.47. The summed E-state index contributed by atoms with van der Waals surface area (Å²) in [6.45, 7) is 0.685. The summed E-state index contributed by atoms with van der Waals surface area (Å²) in [5.41, 5.74) is -0.146. The molecule has 1 aromatic rings. The summed E-state index contributed by atoms with van der Waals surface area (Å²) < 4.78 is 36.5. The van der Waals surface area contributed by atoms with E-state index < -0.39 is 27.5 Å². The quantitative estimate of drug-likeness (QED) is 0.473. The topological polar surface area (TPSA) is 87.0 Å². The number of halogens is 1. The molecule has 0 fully saturated rings. The van der Waals surface area contributed by atoms with Gasteiger partial charge in [0, 0.05) is 11.3 Å². The van der Waals surface area contributed by atoms with Gasteiger partial charge in [0.25, 0.3) is 0 Å². The molecule has 5 nitrogen and oxygen atoms in total. The third-order valence-electron chi connectivity index (χ3n) is 2.53. The zero-order valence-corrected chi connectivity index (χ0v) is 10.6. The maximum Gasteiger partial charge on any atom is 0.161 e. The summed E-state index contributed by atoms with van der Waals surface area (Å²) in [6, 6.07) is 5.00. The van der Waals surface area contributed by atoms with Gasteiger partial charge in [0.15, 0.2) is 9.84 Å². The zero-order chi connectivity index (χ0) is 13.8. The Morgan fingerprint density at radius 3 is 2.61 bits per heavy atom. The van der Waals surface area contributed by atoms with Crippen LogP contribution in [0.5, 0.6) is 0 Å². The van der Waals surface area contributed by atoms with Crippen molar-refractivity contribution >= 4 is 15.5 Å². The predicted octanol–water partition coefficient (Wildman–Crippen LogP) is 0.800. The minimum Gasteiger partial charge on any atom is -0.411 e. The van der Waals surface area contributed by atoms with Crippen LogP contribution in [0.3, 0.4) is 0 Å². The van der Waals surface area contributed by atoms with Gasteiger partial charge < -0.3 is 10.3 Å². The van der Waals surface area contributed by atoms with Gasteiger partial charge in [-0.05, 0) is 12.1 Å². The first-order chi connectivity index (χ1) is 8.46. The van der Waals surface area contributed by atoms with Crippen molar-refractivity contribution < 1.29 is 23.1 Å². The van der Waals surface area contributed by atoms with Gasteiger partial charge in [0.05, 0.1) is 6.61 Å². The smallest absolute Gasteiger partial charge is 0.161 e. The molecular formula is C11H14FNO4S. The third kappa shape index (κ3) is 3.05. The molecule has 0 aliphatic carbocycles. The second-order valence-corrected chi connectivity index (χ2v) is 6.09. The third-order valence-corrected chi connectivity index (χ3v) is 4.58. The molecule has 0 unspecified atom stereocenters. The second kappa shape index (κ2) is 5.92. The van der Waals surface area contributed by atoms with Gasteiger partial charge >= 0.3 is 0 Å². The summed E-state index contributed by atoms with van der Waals surface area (Å²) in [7, 11) is -3.65. The van der Waals surface area contributed by atoms with Crippen LogP contribution in [-0.2, 0) is 9.84 Å². The summed E-state index contributed by atoms with van der Waals surface area (Å²) in [5, 5.41) is 19.6. The summed E-state index contributed by atoms with van der Waals surface area (Å²) in [4.78, 5) is 0. The van der Waals surface area contributed by atoms with E-state index in [1.807, 2.05) is 0 Å². The molecule has 0 amide bonds. The molecule has 0 saturated carbocycles. The monoisotopic (exact) mass is 275 g/mol. The van der Waals surface area contributed by atoms with Gasteiger partial charge in [0.1, 0.15) is 16.8 Å². The first-order valence-electron chi connectivity index (χ1n) is 5.26. The number of hydrogen-bond donors (Lipinski definition) is 2. The standard InChI is InChI=1S/C11H14FNO4S/c1-2-18(16,17)10(7-14)11(13-15)8-4-3-5-9(12)6-8/h3-6,10,14-15H,2,7H2,1H3/b13-11-/t10-/m1/s1. The van der Waals surface area contributed by atoms with Crippen molar-refractivity contribution in [3.8, 4) is 0 Å². The highest BCUT2D eigenvalue weighted by Crippen LogP contribution is 2.13. The number of nitrogens with zero attached hydrogens (tertiary/aromatic N) is 1. The van der Waals surface area contributed by atoms with Crippen LogP contribution in [0, 0.1) is 5.82 Å². The number of aliphatic hydroxyl groups is 1. The van der Waals surface area contributed by atoms with Crippen LogP contribution < -0.4 is 0 Å². The lowest BCUT2D eigenvalue weighted by Crippen LogP contribution is -2.35. The fourth-order valence-electron chi connectivity index (χ4n) is 1.53. The predicted molar refractivity (Wildman–Crippen MR) is 65.1 cm³/mol. The number of aliphatic hydroxyl groups excluding tert-OH is 1. The summed E-state index contributed by atoms with van der Waals surface area (Å²) in [6.07, 6.45) is 0. The van der Waals surface area contributed by atoms with Crippen LogP contribution in [0.4, 0.5) is 4.39 Å². The Balaban J connectivity index is 3.26. The zero-order valence-electron chi connectivity index (χ0n) is 9.75. The first kappa shape index (κ1) is 14.6. The van der Waals surface area contributed by atoms with Crippen molar-refractivity contribution in [1.82, 2.24) is 0 Å². The van der Waals surface area contributed by atoms with Gasteiger partial charge in [0.2, 0.25) is 0 Å². The Morgan fingerprint density at radius 2 is 2.17 bits per heavy atom. The number of benzene rings is 1. The molecule has 1 aromatic carbocycles. The molecule has 0 aliphatic rings. The SMILES string of the molecule is CCS(=O)(=O)[C@H](CO)/C(=N\O)c1cccc(F)c1. The number of hydrogen-bond acceptors (Lipinski definition) is 5. The van der Waals surface area contributed by atoms with Gasteiger partial charge in [-0.25, -0.2) is 12.8 Å². The van der Waals surface area contributed by atoms with Crippen LogP contribution in [0.15, 0.2) is 29.4 Å². The molecule has 2 N–H and O–H groups in total. The van der Waals surface area contributed by atoms with Crippen molar-refractivity contribution in [3.05, 3.63) is 35.6 Å². The summed E-state index contributed by atoms with van der Waals surface area (Å²) >= 11 is 0. The molecule has 0 spiro atoms. The average Bonchev–Trinajstić information content (AvgIpc) is 2.35. The normalized spacial score (nSPS) is 14.5. The van der Waals surface area contributed by atoms with E-state index in [9.17, 15) is 12.8 Å². The minimum absolute atomic E-state index is 0.119. The van der Waals surface area contributed by atoms with Crippen LogP contribution >= 0.6 is 0 Å². The molecule has 7 heteroatoms. The van der Waals surface area contributed by atoms with Crippen LogP contribution in [-0.4, -0.2) is 42.1 Å². The maximum atomic E-state index is 13.1. The fourth-order valence-corrected chi connectivity index (χ4v) is 2.68. The molecule has 0 saturated heterocycles. The van der Waals surface area contributed by atoms with Crippen molar-refractivity contribution in [2.45, 2.75) is 12.2 Å². The van der Waals surface area contributed by atoms with E-state index in [2.05, 4.69) is 5.16 Å². The van der Waals surface area contributed by atoms with Crippen LogP contribution in [0.25, 0.3) is 0 Å². The van der Waals surface area contributed by atoms with Crippen molar-refractivity contribution in [1.29, 1.82) is 0 Å². The highest BCUT2D eigenvalue weighted by Gasteiger charge is 2.30. The fraction of sp³-hybridized carbons (Fsp3) is 0.364. The summed E-state index contributed by atoms with van der Waals surface area (Å²) in [5.74, 6) is -0.800. The second-order valence-electron chi connectivity index (χ2n) is 3.62. The Labute approximate surface area is 104 Å². The van der Waals surface area contributed by atoms with Crippen LogP contribution in [0.1, 0.15) is 12.5 Å². The average molecular weight is 275 g/mol. The van der Waals surface area contributed by atoms with Crippen molar-refractivity contribution in [3.63, 3.8) is 0 Å². The van der Waals surface area contributed by atoms with Crippen molar-refractivity contribution in [2.24, 2.45) is 5.16 Å². The van der Waals surface area contributed by atoms with E-state index in [4.69, 9.17) is 10.3 Å². The van der Waals surface area contributed by atoms with E-state index in [0.717, 1.165) is 6.07 Å². The van der Waals surface area contributed by atoms with Gasteiger partial charge in [-0.3, -0.25) is 0 Å². The van der Waals surface area contributed by atoms with E-state index >= 15 is 0 Å². The van der Waals surface area contributed by atoms with Crippen LogP contribution in [0.2, 0.25) is 0 Å². The molecule has 1 atom stereocenters. The van der Waals surface area contributed by atoms with Gasteiger partial charge in [-0.15, -0.1) is 0 Å². The van der Waals surface area contributed by atoms with Crippen molar-refractivity contribution in [2.75, 3.05) is 12.4 Å². The Morgan fingerprint density at radius 1 is 1.50 bits per heavy atom. The largest absolute Gasteiger partial charge is 0.411 e. The minimum atomic E-state index is -3.65. The molecular weight excluding hydrogens is 261 g/mol. The van der Waals surface area contributed by atoms with Gasteiger partial charge in [-0.1, -0.05) is 24.2 Å². The molecule has 0 aliphatic heterocycles. The number of sulfone groups is 1. The van der Waals surface area contributed by atoms with E-state index in [1.165, 1.54) is 25.1 Å². The molecule has 0 bridgehead atoms. The molecule has 0 heterocycles. The Bertz CT molecular complexity index is 542. The van der Waals surface area contributed by atoms with Gasteiger partial charge in [-0.2, -0.15) is 0 Å². The molecule has 100 valence electrons. The lowest BCUT2D eigenvalue weighted by Gasteiger charge is -2.15. The highest BCUT2D eigenvalue weighted by atomic mass is 32.2. The maximum absolute atomic E-state index is 13.1. The van der Waals surface area contributed by atoms with E-state index in [1.54, 1.807) is 0 Å². The number of oxime groups is 1. The Kier molecular flexibility index (Phi) is 4.80. The lowest BCUT2D eigenvalue weighted by molar-refractivity contribution is 0.296. The number of rotatable bonds is 5. The molecule has 1 rings (SSSR count). The molecule has 0 aromatic heterocycles. The van der Waals surface area contributed by atoms with E-state index in [0.29, 0.717) is 0 Å². The highest BCUT2D eigenvalue weighted by molar-refractivity contribution is 7.92. The molecule has 0 radical (unpaired) electrons. The lowest BCUT2D eigenvalue weighted by atomic mass is 10.1. The molecule has 18 heavy (non-hydrogen) atoms.